The van der Waals surface area contributed by atoms with Crippen molar-refractivity contribution in [3.63, 3.8) is 0 Å². The molecule has 142 valence electrons. The Morgan fingerprint density at radius 3 is 2.54 bits per heavy atom. The van der Waals surface area contributed by atoms with Crippen molar-refractivity contribution >= 4 is 29.2 Å². The molecule has 6 nitrogen and oxygen atoms in total. The molecule has 7 heteroatoms. The first-order chi connectivity index (χ1) is 13.6. The van der Waals surface area contributed by atoms with Gasteiger partial charge in [0, 0.05) is 5.92 Å². The number of carbonyl (C=O) groups excluding carboxylic acids is 2. The van der Waals surface area contributed by atoms with Gasteiger partial charge < -0.3 is 10.1 Å². The van der Waals surface area contributed by atoms with Gasteiger partial charge in [-0.15, -0.1) is 0 Å². The summed E-state index contributed by atoms with van der Waals surface area (Å²) in [5.41, 5.74) is 2.41. The number of hydrogen-bond donors (Lipinski definition) is 1. The lowest BCUT2D eigenvalue weighted by atomic mass is 10.2. The van der Waals surface area contributed by atoms with Crippen LogP contribution in [0.15, 0.2) is 60.7 Å². The van der Waals surface area contributed by atoms with E-state index in [4.69, 9.17) is 16.3 Å². The number of nitrogens with zero attached hydrogens (tertiary/aromatic N) is 2. The second kappa shape index (κ2) is 7.86. The summed E-state index contributed by atoms with van der Waals surface area (Å²) in [5.74, 6) is -0.674. The zero-order valence-corrected chi connectivity index (χ0v) is 15.7. The van der Waals surface area contributed by atoms with E-state index in [0.29, 0.717) is 22.3 Å². The fraction of sp³-hybridized carbons (Fsp3) is 0.190. The predicted molar refractivity (Wildman–Crippen MR) is 106 cm³/mol. The second-order valence-corrected chi connectivity index (χ2v) is 6.99. The molecule has 1 heterocycles. The number of hydrogen-bond acceptors (Lipinski definition) is 4. The summed E-state index contributed by atoms with van der Waals surface area (Å²) in [6.45, 7) is -0.414. The molecule has 2 aromatic carbocycles. The average molecular weight is 396 g/mol. The lowest BCUT2D eigenvalue weighted by Gasteiger charge is -2.09. The summed E-state index contributed by atoms with van der Waals surface area (Å²) in [5, 5.41) is 7.61. The van der Waals surface area contributed by atoms with Gasteiger partial charge in [0.05, 0.1) is 22.1 Å². The van der Waals surface area contributed by atoms with Crippen molar-refractivity contribution in [2.75, 3.05) is 11.9 Å². The van der Waals surface area contributed by atoms with Gasteiger partial charge in [-0.3, -0.25) is 4.79 Å². The van der Waals surface area contributed by atoms with E-state index in [2.05, 4.69) is 10.4 Å². The van der Waals surface area contributed by atoms with Crippen LogP contribution >= 0.6 is 11.6 Å². The number of carbonyl (C=O) groups is 2. The van der Waals surface area contributed by atoms with Gasteiger partial charge in [0.15, 0.2) is 12.3 Å². The Morgan fingerprint density at radius 1 is 1.11 bits per heavy atom. The van der Waals surface area contributed by atoms with Crippen molar-refractivity contribution in [2.45, 2.75) is 18.8 Å². The number of rotatable bonds is 6. The van der Waals surface area contributed by atoms with E-state index in [1.54, 1.807) is 35.0 Å². The fourth-order valence-corrected chi connectivity index (χ4v) is 3.03. The van der Waals surface area contributed by atoms with Crippen molar-refractivity contribution in [1.29, 1.82) is 0 Å². The number of ether oxygens (including phenoxy) is 1. The number of halogens is 1. The Labute approximate surface area is 167 Å². The Morgan fingerprint density at radius 2 is 1.82 bits per heavy atom. The molecule has 4 rings (SSSR count). The highest BCUT2D eigenvalue weighted by atomic mass is 35.5. The smallest absolute Gasteiger partial charge is 0.357 e. The Bertz CT molecular complexity index is 1010. The number of benzene rings is 2. The molecule has 1 aliphatic rings. The van der Waals surface area contributed by atoms with Crippen LogP contribution in [0.5, 0.6) is 0 Å². The molecule has 0 aliphatic heterocycles. The minimum absolute atomic E-state index is 0.304. The topological polar surface area (TPSA) is 73.2 Å². The molecule has 0 radical (unpaired) electrons. The van der Waals surface area contributed by atoms with Gasteiger partial charge >= 0.3 is 5.97 Å². The monoisotopic (exact) mass is 395 g/mol. The molecule has 1 fully saturated rings. The third kappa shape index (κ3) is 4.07. The summed E-state index contributed by atoms with van der Waals surface area (Å²) in [6.07, 6.45) is 2.14. The zero-order valence-electron chi connectivity index (χ0n) is 15.0. The summed E-state index contributed by atoms with van der Waals surface area (Å²) in [7, 11) is 0. The van der Waals surface area contributed by atoms with Gasteiger partial charge in [0.2, 0.25) is 0 Å². The van der Waals surface area contributed by atoms with Gasteiger partial charge in [-0.1, -0.05) is 41.9 Å². The third-order valence-corrected chi connectivity index (χ3v) is 4.75. The highest BCUT2D eigenvalue weighted by Crippen LogP contribution is 2.39. The first-order valence-corrected chi connectivity index (χ1v) is 9.36. The fourth-order valence-electron chi connectivity index (χ4n) is 2.84. The molecule has 1 N–H and O–H groups in total. The van der Waals surface area contributed by atoms with Crippen LogP contribution < -0.4 is 5.32 Å². The quantitative estimate of drug-likeness (QED) is 0.635. The van der Waals surface area contributed by atoms with Crippen molar-refractivity contribution < 1.29 is 14.3 Å². The maximum atomic E-state index is 12.6. The van der Waals surface area contributed by atoms with Crippen LogP contribution in [0.2, 0.25) is 5.02 Å². The second-order valence-electron chi connectivity index (χ2n) is 6.58. The molecule has 1 aromatic heterocycles. The number of amides is 1. The number of nitrogens with one attached hydrogen (secondary N) is 1. The highest BCUT2D eigenvalue weighted by Gasteiger charge is 2.29. The largest absolute Gasteiger partial charge is 0.451 e. The molecule has 1 amide bonds. The summed E-state index contributed by atoms with van der Waals surface area (Å²) in [4.78, 5) is 24.7. The van der Waals surface area contributed by atoms with Crippen LogP contribution in [0.4, 0.5) is 5.69 Å². The normalized spacial score (nSPS) is 13.2. The number of esters is 1. The van der Waals surface area contributed by atoms with Crippen molar-refractivity contribution in [2.24, 2.45) is 0 Å². The molecule has 3 aromatic rings. The van der Waals surface area contributed by atoms with Crippen LogP contribution in [-0.4, -0.2) is 28.3 Å². The Kier molecular flexibility index (Phi) is 5.12. The van der Waals surface area contributed by atoms with Crippen molar-refractivity contribution in [3.8, 4) is 5.69 Å². The molecule has 0 unspecified atom stereocenters. The van der Waals surface area contributed by atoms with E-state index in [1.165, 1.54) is 0 Å². The zero-order chi connectivity index (χ0) is 19.5. The maximum absolute atomic E-state index is 12.6. The Balaban J connectivity index is 1.47. The summed E-state index contributed by atoms with van der Waals surface area (Å²) in [6, 6.07) is 18.0. The third-order valence-electron chi connectivity index (χ3n) is 4.42. The first-order valence-electron chi connectivity index (χ1n) is 8.98. The maximum Gasteiger partial charge on any atom is 0.357 e. The highest BCUT2D eigenvalue weighted by molar-refractivity contribution is 6.33. The summed E-state index contributed by atoms with van der Waals surface area (Å²) >= 11 is 6.02. The molecular formula is C21H18ClN3O3. The average Bonchev–Trinajstić information content (AvgIpc) is 3.47. The van der Waals surface area contributed by atoms with E-state index in [-0.39, 0.29) is 0 Å². The van der Waals surface area contributed by atoms with Gasteiger partial charge in [-0.2, -0.15) is 5.10 Å². The molecule has 0 bridgehead atoms. The van der Waals surface area contributed by atoms with E-state index in [9.17, 15) is 9.59 Å². The van der Waals surface area contributed by atoms with Crippen LogP contribution in [-0.2, 0) is 9.53 Å². The molecule has 1 saturated carbocycles. The molecule has 0 saturated heterocycles. The minimum Gasteiger partial charge on any atom is -0.451 e. The standard InChI is InChI=1S/C21H18ClN3O3/c22-16-8-4-5-9-17(16)23-20(26)13-28-21(27)19-12-18(14-10-11-14)24-25(19)15-6-2-1-3-7-15/h1-9,12,14H,10-11,13H2,(H,23,26). The van der Waals surface area contributed by atoms with Crippen molar-refractivity contribution in [3.05, 3.63) is 77.1 Å². The first kappa shape index (κ1) is 18.3. The van der Waals surface area contributed by atoms with Crippen molar-refractivity contribution in [1.82, 2.24) is 9.78 Å². The lowest BCUT2D eigenvalue weighted by Crippen LogP contribution is -2.22. The number of aromatic nitrogens is 2. The SMILES string of the molecule is O=C(COC(=O)c1cc(C2CC2)nn1-c1ccccc1)Nc1ccccc1Cl. The van der Waals surface area contributed by atoms with Gasteiger partial charge in [0.1, 0.15) is 0 Å². The van der Waals surface area contributed by atoms with Crippen LogP contribution in [0, 0.1) is 0 Å². The Hall–Kier alpha value is -3.12. The molecule has 0 atom stereocenters. The minimum atomic E-state index is -0.599. The molecule has 0 spiro atoms. The molecular weight excluding hydrogens is 378 g/mol. The van der Waals surface area contributed by atoms with E-state index < -0.39 is 18.5 Å². The van der Waals surface area contributed by atoms with Crippen LogP contribution in [0.1, 0.15) is 34.9 Å². The van der Waals surface area contributed by atoms with Crippen LogP contribution in [0.25, 0.3) is 5.69 Å². The molecule has 28 heavy (non-hydrogen) atoms. The predicted octanol–water partition coefficient (Wildman–Crippen LogP) is 4.20. The number of anilines is 1. The number of para-hydroxylation sites is 2. The molecule has 1 aliphatic carbocycles. The summed E-state index contributed by atoms with van der Waals surface area (Å²) < 4.78 is 6.79. The van der Waals surface area contributed by atoms with E-state index in [1.807, 2.05) is 30.3 Å². The van der Waals surface area contributed by atoms with E-state index >= 15 is 0 Å². The lowest BCUT2D eigenvalue weighted by molar-refractivity contribution is -0.119. The van der Waals surface area contributed by atoms with Crippen LogP contribution in [0.3, 0.4) is 0 Å². The van der Waals surface area contributed by atoms with Gasteiger partial charge in [-0.25, -0.2) is 9.48 Å². The van der Waals surface area contributed by atoms with Gasteiger partial charge in [0.25, 0.3) is 5.91 Å². The van der Waals surface area contributed by atoms with E-state index in [0.717, 1.165) is 24.2 Å². The van der Waals surface area contributed by atoms with Gasteiger partial charge in [-0.05, 0) is 43.2 Å².